The molecule has 29 heavy (non-hydrogen) atoms. The first-order valence-corrected chi connectivity index (χ1v) is 9.71. The normalized spacial score (nSPS) is 13.7. The second-order valence-corrected chi connectivity index (χ2v) is 8.65. The number of anilines is 2. The first kappa shape index (κ1) is 20.6. The van der Waals surface area contributed by atoms with Crippen LogP contribution >= 0.6 is 0 Å². The lowest BCUT2D eigenvalue weighted by atomic mass is 9.98. The number of fused-ring (bicyclic) bond motifs is 1. The van der Waals surface area contributed by atoms with E-state index >= 15 is 0 Å². The quantitative estimate of drug-likeness (QED) is 0.707. The fraction of sp³-hybridized carbons (Fsp3) is 0.348. The molecule has 2 N–H and O–H groups in total. The van der Waals surface area contributed by atoms with E-state index in [1.807, 2.05) is 45.9 Å². The molecule has 0 radical (unpaired) electrons. The summed E-state index contributed by atoms with van der Waals surface area (Å²) in [6.07, 6.45) is 0. The number of amides is 4. The fourth-order valence-corrected chi connectivity index (χ4v) is 3.55. The van der Waals surface area contributed by atoms with Gasteiger partial charge in [0.2, 0.25) is 0 Å². The zero-order valence-electron chi connectivity index (χ0n) is 17.7. The number of aryl methyl sites for hydroxylation is 1. The third-order valence-electron chi connectivity index (χ3n) is 4.98. The second-order valence-electron chi connectivity index (χ2n) is 8.65. The molecule has 0 fully saturated rings. The van der Waals surface area contributed by atoms with Crippen LogP contribution in [0.5, 0.6) is 0 Å². The highest BCUT2D eigenvalue weighted by Crippen LogP contribution is 2.31. The number of imide groups is 1. The van der Waals surface area contributed by atoms with Crippen LogP contribution in [0.1, 0.15) is 72.4 Å². The molecule has 0 aromatic heterocycles. The summed E-state index contributed by atoms with van der Waals surface area (Å²) in [5.41, 5.74) is 3.32. The first-order valence-electron chi connectivity index (χ1n) is 9.71. The Morgan fingerprint density at radius 2 is 1.62 bits per heavy atom. The summed E-state index contributed by atoms with van der Waals surface area (Å²) in [5.74, 6) is -0.394. The lowest BCUT2D eigenvalue weighted by Gasteiger charge is -2.29. The molecule has 0 bridgehead atoms. The number of hydrogen-bond acceptors (Lipinski definition) is 3. The van der Waals surface area contributed by atoms with Gasteiger partial charge in [-0.15, -0.1) is 0 Å². The second kappa shape index (κ2) is 7.35. The van der Waals surface area contributed by atoms with Gasteiger partial charge in [-0.3, -0.25) is 14.5 Å². The summed E-state index contributed by atoms with van der Waals surface area (Å²) in [5, 5.41) is 5.69. The molecular formula is C23H27N3O3. The maximum absolute atomic E-state index is 12.7. The molecule has 0 atom stereocenters. The smallest absolute Gasteiger partial charge is 0.308 e. The fourth-order valence-electron chi connectivity index (χ4n) is 3.55. The molecule has 4 amide bonds. The molecule has 1 aliphatic rings. The van der Waals surface area contributed by atoms with Crippen LogP contribution in [0.15, 0.2) is 36.4 Å². The SMILES string of the molecule is Cc1cccc(C(C)C)c1NC(=O)Nc1ccc2c(c1)C(=O)N(C(C)(C)C)C2=O. The summed E-state index contributed by atoms with van der Waals surface area (Å²) in [6, 6.07) is 10.3. The molecule has 0 saturated heterocycles. The highest BCUT2D eigenvalue weighted by Gasteiger charge is 2.41. The van der Waals surface area contributed by atoms with Crippen LogP contribution in [0.2, 0.25) is 0 Å². The molecule has 3 rings (SSSR count). The number of urea groups is 1. The van der Waals surface area contributed by atoms with E-state index in [0.717, 1.165) is 16.8 Å². The van der Waals surface area contributed by atoms with Crippen molar-refractivity contribution in [2.24, 2.45) is 0 Å². The lowest BCUT2D eigenvalue weighted by molar-refractivity contribution is 0.0507. The van der Waals surface area contributed by atoms with E-state index in [-0.39, 0.29) is 17.7 Å². The summed E-state index contributed by atoms with van der Waals surface area (Å²) < 4.78 is 0. The standard InChI is InChI=1S/C23H27N3O3/c1-13(2)16-9-7-8-14(3)19(16)25-22(29)24-15-10-11-17-18(12-15)21(28)26(20(17)27)23(4,5)6/h7-13H,1-6H3,(H2,24,25,29). The van der Waals surface area contributed by atoms with Gasteiger partial charge in [-0.2, -0.15) is 0 Å². The number of nitrogens with one attached hydrogen (secondary N) is 2. The van der Waals surface area contributed by atoms with E-state index < -0.39 is 11.6 Å². The Balaban J connectivity index is 1.82. The van der Waals surface area contributed by atoms with Gasteiger partial charge in [0, 0.05) is 16.9 Å². The van der Waals surface area contributed by atoms with Crippen molar-refractivity contribution in [3.05, 3.63) is 58.7 Å². The summed E-state index contributed by atoms with van der Waals surface area (Å²) >= 11 is 0. The van der Waals surface area contributed by atoms with Crippen LogP contribution in [0.25, 0.3) is 0 Å². The Morgan fingerprint density at radius 3 is 2.24 bits per heavy atom. The van der Waals surface area contributed by atoms with Gasteiger partial charge in [-0.25, -0.2) is 4.79 Å². The predicted octanol–water partition coefficient (Wildman–Crippen LogP) is 5.16. The average molecular weight is 393 g/mol. The Morgan fingerprint density at radius 1 is 0.966 bits per heavy atom. The molecule has 152 valence electrons. The van der Waals surface area contributed by atoms with Crippen molar-refractivity contribution >= 4 is 29.2 Å². The average Bonchev–Trinajstić information content (AvgIpc) is 2.86. The first-order chi connectivity index (χ1) is 13.5. The number of carbonyl (C=O) groups is 3. The molecule has 1 aliphatic heterocycles. The number of nitrogens with zero attached hydrogens (tertiary/aromatic N) is 1. The molecular weight excluding hydrogens is 366 g/mol. The Bertz CT molecular complexity index is 1000. The summed E-state index contributed by atoms with van der Waals surface area (Å²) in [6.45, 7) is 11.5. The third-order valence-corrected chi connectivity index (χ3v) is 4.98. The molecule has 0 saturated carbocycles. The Kier molecular flexibility index (Phi) is 5.22. The molecule has 1 heterocycles. The third kappa shape index (κ3) is 3.88. The minimum absolute atomic E-state index is 0.261. The van der Waals surface area contributed by atoms with Crippen molar-refractivity contribution in [2.75, 3.05) is 10.6 Å². The Labute approximate surface area is 171 Å². The van der Waals surface area contributed by atoms with E-state index in [0.29, 0.717) is 16.8 Å². The highest BCUT2D eigenvalue weighted by atomic mass is 16.2. The van der Waals surface area contributed by atoms with Gasteiger partial charge in [0.25, 0.3) is 11.8 Å². The lowest BCUT2D eigenvalue weighted by Crippen LogP contribution is -2.45. The number of carbonyl (C=O) groups excluding carboxylic acids is 3. The van der Waals surface area contributed by atoms with E-state index in [2.05, 4.69) is 24.5 Å². The number of para-hydroxylation sites is 1. The van der Waals surface area contributed by atoms with Crippen LogP contribution in [0.4, 0.5) is 16.2 Å². The van der Waals surface area contributed by atoms with Gasteiger partial charge < -0.3 is 10.6 Å². The zero-order chi connectivity index (χ0) is 21.5. The summed E-state index contributed by atoms with van der Waals surface area (Å²) in [7, 11) is 0. The largest absolute Gasteiger partial charge is 0.323 e. The minimum Gasteiger partial charge on any atom is -0.308 e. The van der Waals surface area contributed by atoms with Crippen molar-refractivity contribution < 1.29 is 14.4 Å². The van der Waals surface area contributed by atoms with E-state index in [9.17, 15) is 14.4 Å². The van der Waals surface area contributed by atoms with E-state index in [4.69, 9.17) is 0 Å². The molecule has 2 aromatic rings. The van der Waals surface area contributed by atoms with Crippen molar-refractivity contribution in [2.45, 2.75) is 53.0 Å². The Hall–Kier alpha value is -3.15. The maximum atomic E-state index is 12.7. The van der Waals surface area contributed by atoms with Crippen LogP contribution in [-0.4, -0.2) is 28.3 Å². The van der Waals surface area contributed by atoms with Gasteiger partial charge in [-0.05, 0) is 62.9 Å². The number of hydrogen-bond donors (Lipinski definition) is 2. The molecule has 2 aromatic carbocycles. The van der Waals surface area contributed by atoms with Gasteiger partial charge in [0.05, 0.1) is 11.1 Å². The molecule has 0 unspecified atom stereocenters. The summed E-state index contributed by atoms with van der Waals surface area (Å²) in [4.78, 5) is 39.1. The predicted molar refractivity (Wildman–Crippen MR) is 115 cm³/mol. The van der Waals surface area contributed by atoms with Crippen molar-refractivity contribution in [3.63, 3.8) is 0 Å². The monoisotopic (exact) mass is 393 g/mol. The topological polar surface area (TPSA) is 78.5 Å². The van der Waals surface area contributed by atoms with Gasteiger partial charge >= 0.3 is 6.03 Å². The van der Waals surface area contributed by atoms with Crippen molar-refractivity contribution in [1.82, 2.24) is 4.90 Å². The molecule has 0 aliphatic carbocycles. The van der Waals surface area contributed by atoms with Gasteiger partial charge in [0.15, 0.2) is 0 Å². The van der Waals surface area contributed by atoms with Crippen LogP contribution in [-0.2, 0) is 0 Å². The van der Waals surface area contributed by atoms with E-state index in [1.54, 1.807) is 18.2 Å². The molecule has 6 nitrogen and oxygen atoms in total. The van der Waals surface area contributed by atoms with Gasteiger partial charge in [-0.1, -0.05) is 32.0 Å². The number of benzene rings is 2. The zero-order valence-corrected chi connectivity index (χ0v) is 17.7. The van der Waals surface area contributed by atoms with E-state index in [1.165, 1.54) is 4.90 Å². The van der Waals surface area contributed by atoms with Crippen molar-refractivity contribution in [3.8, 4) is 0 Å². The molecule has 6 heteroatoms. The van der Waals surface area contributed by atoms with Crippen molar-refractivity contribution in [1.29, 1.82) is 0 Å². The highest BCUT2D eigenvalue weighted by molar-refractivity contribution is 6.22. The van der Waals surface area contributed by atoms with Gasteiger partial charge in [0.1, 0.15) is 0 Å². The van der Waals surface area contributed by atoms with Crippen LogP contribution in [0.3, 0.4) is 0 Å². The van der Waals surface area contributed by atoms with Crippen LogP contribution < -0.4 is 10.6 Å². The van der Waals surface area contributed by atoms with Crippen LogP contribution in [0, 0.1) is 6.92 Å². The maximum Gasteiger partial charge on any atom is 0.323 e. The minimum atomic E-state index is -0.615. The number of rotatable bonds is 3. The molecule has 0 spiro atoms.